The van der Waals surface area contributed by atoms with Gasteiger partial charge in [-0.2, -0.15) is 0 Å². The Labute approximate surface area is 150 Å². The van der Waals surface area contributed by atoms with Crippen molar-refractivity contribution in [2.24, 2.45) is 0 Å². The minimum absolute atomic E-state index is 0.164. The second-order valence-electron chi connectivity index (χ2n) is 6.28. The fourth-order valence-electron chi connectivity index (χ4n) is 3.11. The summed E-state index contributed by atoms with van der Waals surface area (Å²) < 4.78 is 20.0. The monoisotopic (exact) mass is 399 g/mol. The van der Waals surface area contributed by atoms with Crippen molar-refractivity contribution < 1.29 is 13.9 Å². The number of piperazine rings is 1. The molecule has 0 atom stereocenters. The number of hydrogen-bond donors (Lipinski definition) is 0. The third kappa shape index (κ3) is 4.75. The SMILES string of the molecule is O=C(CN1CCN(Cc2cc(Br)ccc2F)CC1)N1CCOCC1. The first kappa shape index (κ1) is 17.8. The van der Waals surface area contributed by atoms with E-state index in [-0.39, 0.29) is 11.7 Å². The highest BCUT2D eigenvalue weighted by atomic mass is 79.9. The summed E-state index contributed by atoms with van der Waals surface area (Å²) >= 11 is 3.39. The van der Waals surface area contributed by atoms with Crippen LogP contribution in [0.3, 0.4) is 0 Å². The number of amides is 1. The van der Waals surface area contributed by atoms with Crippen molar-refractivity contribution in [2.45, 2.75) is 6.54 Å². The summed E-state index contributed by atoms with van der Waals surface area (Å²) in [4.78, 5) is 18.6. The Hall–Kier alpha value is -1.02. The average molecular weight is 400 g/mol. The molecule has 24 heavy (non-hydrogen) atoms. The maximum absolute atomic E-state index is 13.9. The number of carbonyl (C=O) groups is 1. The predicted molar refractivity (Wildman–Crippen MR) is 93.2 cm³/mol. The lowest BCUT2D eigenvalue weighted by atomic mass is 10.2. The van der Waals surface area contributed by atoms with Crippen molar-refractivity contribution in [1.82, 2.24) is 14.7 Å². The van der Waals surface area contributed by atoms with Gasteiger partial charge in [0.15, 0.2) is 0 Å². The van der Waals surface area contributed by atoms with Crippen molar-refractivity contribution in [3.05, 3.63) is 34.1 Å². The third-order valence-corrected chi connectivity index (χ3v) is 5.08. The first-order chi connectivity index (χ1) is 11.6. The third-order valence-electron chi connectivity index (χ3n) is 4.59. The van der Waals surface area contributed by atoms with Crippen molar-refractivity contribution >= 4 is 21.8 Å². The lowest BCUT2D eigenvalue weighted by Crippen LogP contribution is -2.51. The number of ether oxygens (including phenoxy) is 1. The van der Waals surface area contributed by atoms with Crippen molar-refractivity contribution in [3.8, 4) is 0 Å². The molecule has 0 saturated carbocycles. The number of nitrogens with zero attached hydrogens (tertiary/aromatic N) is 3. The van der Waals surface area contributed by atoms with Gasteiger partial charge in [-0.05, 0) is 18.2 Å². The molecule has 2 fully saturated rings. The van der Waals surface area contributed by atoms with Gasteiger partial charge in [0, 0.05) is 55.8 Å². The largest absolute Gasteiger partial charge is 0.378 e. The number of hydrogen-bond acceptors (Lipinski definition) is 4. The zero-order valence-electron chi connectivity index (χ0n) is 13.7. The van der Waals surface area contributed by atoms with Gasteiger partial charge in [0.2, 0.25) is 5.91 Å². The van der Waals surface area contributed by atoms with Crippen LogP contribution in [0.15, 0.2) is 22.7 Å². The van der Waals surface area contributed by atoms with Gasteiger partial charge in [-0.3, -0.25) is 14.6 Å². The van der Waals surface area contributed by atoms with Crippen LogP contribution in [0.4, 0.5) is 4.39 Å². The summed E-state index contributed by atoms with van der Waals surface area (Å²) in [5.74, 6) is 0.0212. The summed E-state index contributed by atoms with van der Waals surface area (Å²) in [5.41, 5.74) is 0.710. The highest BCUT2D eigenvalue weighted by Gasteiger charge is 2.23. The molecule has 0 bridgehead atoms. The van der Waals surface area contributed by atoms with E-state index < -0.39 is 0 Å². The first-order valence-corrected chi connectivity index (χ1v) is 9.15. The Balaban J connectivity index is 1.45. The zero-order chi connectivity index (χ0) is 16.9. The summed E-state index contributed by atoms with van der Waals surface area (Å²) in [6.07, 6.45) is 0. The van der Waals surface area contributed by atoms with E-state index in [9.17, 15) is 9.18 Å². The molecule has 1 aromatic carbocycles. The summed E-state index contributed by atoms with van der Waals surface area (Å²) in [7, 11) is 0. The Morgan fingerprint density at radius 3 is 2.46 bits per heavy atom. The molecule has 0 spiro atoms. The van der Waals surface area contributed by atoms with Gasteiger partial charge in [0.05, 0.1) is 19.8 Å². The van der Waals surface area contributed by atoms with Gasteiger partial charge in [0.1, 0.15) is 5.82 Å². The fraction of sp³-hybridized carbons (Fsp3) is 0.588. The molecule has 7 heteroatoms. The van der Waals surface area contributed by atoms with E-state index in [0.717, 1.165) is 30.7 Å². The zero-order valence-corrected chi connectivity index (χ0v) is 15.3. The molecule has 1 amide bonds. The standard InChI is InChI=1S/C17H23BrFN3O2/c18-15-1-2-16(19)14(11-15)12-20-3-5-21(6-4-20)13-17(23)22-7-9-24-10-8-22/h1-2,11H,3-10,12-13H2. The summed E-state index contributed by atoms with van der Waals surface area (Å²) in [6.45, 7) is 7.12. The maximum Gasteiger partial charge on any atom is 0.236 e. The van der Waals surface area contributed by atoms with Crippen LogP contribution < -0.4 is 0 Å². The van der Waals surface area contributed by atoms with E-state index in [1.807, 2.05) is 11.0 Å². The van der Waals surface area contributed by atoms with Crippen molar-refractivity contribution in [1.29, 1.82) is 0 Å². The number of rotatable bonds is 4. The molecule has 0 aromatic heterocycles. The fourth-order valence-corrected chi connectivity index (χ4v) is 3.52. The minimum Gasteiger partial charge on any atom is -0.378 e. The van der Waals surface area contributed by atoms with Crippen LogP contribution in [0.5, 0.6) is 0 Å². The van der Waals surface area contributed by atoms with Crippen LogP contribution in [0.2, 0.25) is 0 Å². The van der Waals surface area contributed by atoms with Gasteiger partial charge in [-0.25, -0.2) is 4.39 Å². The molecule has 2 aliphatic heterocycles. The summed E-state index contributed by atoms with van der Waals surface area (Å²) in [6, 6.07) is 5.05. The molecule has 1 aromatic rings. The lowest BCUT2D eigenvalue weighted by Gasteiger charge is -2.36. The Kier molecular flexibility index (Phi) is 6.21. The van der Waals surface area contributed by atoms with E-state index in [1.54, 1.807) is 6.07 Å². The van der Waals surface area contributed by atoms with E-state index in [4.69, 9.17) is 4.74 Å². The second-order valence-corrected chi connectivity index (χ2v) is 7.20. The van der Waals surface area contributed by atoms with E-state index in [2.05, 4.69) is 25.7 Å². The molecule has 0 unspecified atom stereocenters. The highest BCUT2D eigenvalue weighted by molar-refractivity contribution is 9.10. The van der Waals surface area contributed by atoms with Crippen LogP contribution in [0, 0.1) is 5.82 Å². The van der Waals surface area contributed by atoms with Gasteiger partial charge >= 0.3 is 0 Å². The molecular weight excluding hydrogens is 377 g/mol. The quantitative estimate of drug-likeness (QED) is 0.769. The van der Waals surface area contributed by atoms with Crippen molar-refractivity contribution in [3.63, 3.8) is 0 Å². The van der Waals surface area contributed by atoms with Crippen LogP contribution in [-0.2, 0) is 16.1 Å². The van der Waals surface area contributed by atoms with Crippen LogP contribution in [0.1, 0.15) is 5.56 Å². The smallest absolute Gasteiger partial charge is 0.236 e. The van der Waals surface area contributed by atoms with E-state index >= 15 is 0 Å². The molecular formula is C17H23BrFN3O2. The summed E-state index contributed by atoms with van der Waals surface area (Å²) in [5, 5.41) is 0. The normalized spacial score (nSPS) is 20.3. The number of carbonyl (C=O) groups excluding carboxylic acids is 1. The average Bonchev–Trinajstić information content (AvgIpc) is 2.60. The predicted octanol–water partition coefficient (Wildman–Crippen LogP) is 1.56. The highest BCUT2D eigenvalue weighted by Crippen LogP contribution is 2.18. The Morgan fingerprint density at radius 2 is 1.75 bits per heavy atom. The molecule has 2 heterocycles. The number of morpholine rings is 1. The van der Waals surface area contributed by atoms with Crippen LogP contribution in [0.25, 0.3) is 0 Å². The van der Waals surface area contributed by atoms with Crippen molar-refractivity contribution in [2.75, 3.05) is 59.0 Å². The van der Waals surface area contributed by atoms with Gasteiger partial charge in [-0.1, -0.05) is 15.9 Å². The van der Waals surface area contributed by atoms with Gasteiger partial charge < -0.3 is 9.64 Å². The molecule has 3 rings (SSSR count). The molecule has 2 aliphatic rings. The van der Waals surface area contributed by atoms with Crippen LogP contribution >= 0.6 is 15.9 Å². The Bertz CT molecular complexity index is 573. The topological polar surface area (TPSA) is 36.0 Å². The molecule has 0 aliphatic carbocycles. The lowest BCUT2D eigenvalue weighted by molar-refractivity contribution is -0.136. The van der Waals surface area contributed by atoms with Gasteiger partial charge in [0.25, 0.3) is 0 Å². The molecule has 5 nitrogen and oxygen atoms in total. The Morgan fingerprint density at radius 1 is 1.08 bits per heavy atom. The van der Waals surface area contributed by atoms with Crippen LogP contribution in [-0.4, -0.2) is 79.6 Å². The van der Waals surface area contributed by atoms with E-state index in [0.29, 0.717) is 45.0 Å². The second kappa shape index (κ2) is 8.38. The molecule has 2 saturated heterocycles. The minimum atomic E-state index is -0.164. The van der Waals surface area contributed by atoms with Gasteiger partial charge in [-0.15, -0.1) is 0 Å². The molecule has 0 N–H and O–H groups in total. The van der Waals surface area contributed by atoms with E-state index in [1.165, 1.54) is 6.07 Å². The molecule has 132 valence electrons. The maximum atomic E-state index is 13.9. The molecule has 0 radical (unpaired) electrons. The number of benzene rings is 1. The first-order valence-electron chi connectivity index (χ1n) is 8.36. The number of halogens is 2.